The number of halogens is 1. The molecule has 0 atom stereocenters. The molecule has 0 saturated heterocycles. The van der Waals surface area contributed by atoms with Crippen LogP contribution in [0.5, 0.6) is 0 Å². The van der Waals surface area contributed by atoms with Gasteiger partial charge in [-0.2, -0.15) is 0 Å². The maximum absolute atomic E-state index is 4.74. The number of hydrogen-bond donors (Lipinski definition) is 0. The summed E-state index contributed by atoms with van der Waals surface area (Å²) in [6.45, 7) is 0. The summed E-state index contributed by atoms with van der Waals surface area (Å²) in [5, 5.41) is 0. The van der Waals surface area contributed by atoms with E-state index in [0.29, 0.717) is 0 Å². The molecule has 134 valence electrons. The summed E-state index contributed by atoms with van der Waals surface area (Å²) in [4.78, 5) is 7.17. The summed E-state index contributed by atoms with van der Waals surface area (Å²) in [5.74, 6) is 0. The van der Waals surface area contributed by atoms with Crippen LogP contribution in [0.2, 0.25) is 0 Å². The van der Waals surface area contributed by atoms with Crippen LogP contribution in [0, 0.1) is 0 Å². The minimum atomic E-state index is 1.03. The van der Waals surface area contributed by atoms with Crippen LogP contribution < -0.4 is 0 Å². The molecule has 1 heterocycles. The van der Waals surface area contributed by atoms with Crippen molar-refractivity contribution >= 4 is 39.6 Å². The largest absolute Gasteiger partial charge is 0.255 e. The van der Waals surface area contributed by atoms with Crippen molar-refractivity contribution < 1.29 is 0 Å². The predicted octanol–water partition coefficient (Wildman–Crippen LogP) is 8.00. The first-order chi connectivity index (χ1) is 13.8. The molecule has 28 heavy (non-hydrogen) atoms. The standard InChI is InChI=1S/C25H16BrNS/c26-20-6-3-5-19(15-20)17-11-13-18(14-12-17)21-7-4-10-24-22(21)16-27-23-8-1-2-9-25(23)28-24/h1-16H. The molecule has 4 aromatic carbocycles. The predicted molar refractivity (Wildman–Crippen MR) is 123 cm³/mol. The molecule has 3 heteroatoms. The number of benzene rings is 4. The lowest BCUT2D eigenvalue weighted by Gasteiger charge is -2.11. The van der Waals surface area contributed by atoms with Gasteiger partial charge in [-0.05, 0) is 52.6 Å². The fourth-order valence-electron chi connectivity index (χ4n) is 3.43. The molecular weight excluding hydrogens is 426 g/mol. The van der Waals surface area contributed by atoms with Crippen LogP contribution in [0.15, 0.2) is 110 Å². The zero-order valence-electron chi connectivity index (χ0n) is 15.0. The van der Waals surface area contributed by atoms with Gasteiger partial charge in [0, 0.05) is 26.0 Å². The van der Waals surface area contributed by atoms with Gasteiger partial charge in [0.1, 0.15) is 0 Å². The van der Waals surface area contributed by atoms with Gasteiger partial charge in [-0.15, -0.1) is 0 Å². The Bertz CT molecular complexity index is 1200. The first-order valence-corrected chi connectivity index (χ1v) is 10.7. The van der Waals surface area contributed by atoms with E-state index in [2.05, 4.69) is 94.8 Å². The molecule has 0 unspecified atom stereocenters. The quantitative estimate of drug-likeness (QED) is 0.270. The first kappa shape index (κ1) is 17.5. The second kappa shape index (κ2) is 7.42. The third-order valence-corrected chi connectivity index (χ3v) is 6.47. The van der Waals surface area contributed by atoms with Crippen molar-refractivity contribution in [3.05, 3.63) is 101 Å². The third kappa shape index (κ3) is 3.32. The molecule has 5 rings (SSSR count). The van der Waals surface area contributed by atoms with Crippen molar-refractivity contribution in [1.29, 1.82) is 0 Å². The topological polar surface area (TPSA) is 12.4 Å². The lowest BCUT2D eigenvalue weighted by atomic mass is 9.97. The Morgan fingerprint density at radius 1 is 0.643 bits per heavy atom. The van der Waals surface area contributed by atoms with Gasteiger partial charge < -0.3 is 0 Å². The number of aliphatic imine (C=N–C) groups is 1. The summed E-state index contributed by atoms with van der Waals surface area (Å²) in [7, 11) is 0. The Hall–Kier alpha value is -2.62. The van der Waals surface area contributed by atoms with Crippen molar-refractivity contribution in [2.45, 2.75) is 9.79 Å². The summed E-state index contributed by atoms with van der Waals surface area (Å²) >= 11 is 5.34. The molecule has 1 aliphatic heterocycles. The number of para-hydroxylation sites is 1. The fraction of sp³-hybridized carbons (Fsp3) is 0. The lowest BCUT2D eigenvalue weighted by Crippen LogP contribution is -1.91. The fourth-order valence-corrected chi connectivity index (χ4v) is 4.86. The van der Waals surface area contributed by atoms with Crippen molar-refractivity contribution in [3.63, 3.8) is 0 Å². The summed E-state index contributed by atoms with van der Waals surface area (Å²) in [6, 6.07) is 31.9. The normalized spacial score (nSPS) is 12.2. The second-order valence-corrected chi connectivity index (χ2v) is 8.63. The average Bonchev–Trinajstić information content (AvgIpc) is 2.93. The molecule has 0 aliphatic carbocycles. The molecule has 1 aliphatic rings. The maximum Gasteiger partial charge on any atom is 0.0769 e. The Labute approximate surface area is 177 Å². The van der Waals surface area contributed by atoms with E-state index >= 15 is 0 Å². The lowest BCUT2D eigenvalue weighted by molar-refractivity contribution is 1.38. The van der Waals surface area contributed by atoms with E-state index in [1.807, 2.05) is 18.3 Å². The van der Waals surface area contributed by atoms with E-state index in [0.717, 1.165) is 10.2 Å². The van der Waals surface area contributed by atoms with Crippen molar-refractivity contribution in [3.8, 4) is 22.3 Å². The van der Waals surface area contributed by atoms with Crippen LogP contribution in [0.3, 0.4) is 0 Å². The van der Waals surface area contributed by atoms with Crippen molar-refractivity contribution in [2.24, 2.45) is 4.99 Å². The number of rotatable bonds is 2. The highest BCUT2D eigenvalue weighted by molar-refractivity contribution is 9.10. The van der Waals surface area contributed by atoms with Gasteiger partial charge in [0.15, 0.2) is 0 Å². The van der Waals surface area contributed by atoms with E-state index in [1.165, 1.54) is 37.6 Å². The minimum Gasteiger partial charge on any atom is -0.255 e. The summed E-state index contributed by atoms with van der Waals surface area (Å²) in [5.41, 5.74) is 7.04. The molecule has 0 N–H and O–H groups in total. The third-order valence-electron chi connectivity index (χ3n) is 4.84. The highest BCUT2D eigenvalue weighted by Crippen LogP contribution is 2.41. The average molecular weight is 442 g/mol. The van der Waals surface area contributed by atoms with E-state index in [4.69, 9.17) is 4.99 Å². The van der Waals surface area contributed by atoms with Gasteiger partial charge in [-0.3, -0.25) is 4.99 Å². The van der Waals surface area contributed by atoms with Crippen LogP contribution in [0.25, 0.3) is 22.3 Å². The highest BCUT2D eigenvalue weighted by Gasteiger charge is 2.14. The zero-order chi connectivity index (χ0) is 18.9. The number of hydrogen-bond acceptors (Lipinski definition) is 2. The molecule has 0 saturated carbocycles. The van der Waals surface area contributed by atoms with Gasteiger partial charge in [-0.1, -0.05) is 88.4 Å². The van der Waals surface area contributed by atoms with Crippen LogP contribution in [0.4, 0.5) is 5.69 Å². The van der Waals surface area contributed by atoms with Gasteiger partial charge in [-0.25, -0.2) is 0 Å². The van der Waals surface area contributed by atoms with Crippen LogP contribution in [0.1, 0.15) is 5.56 Å². The summed E-state index contributed by atoms with van der Waals surface area (Å²) in [6.07, 6.45) is 2.01. The van der Waals surface area contributed by atoms with E-state index < -0.39 is 0 Å². The summed E-state index contributed by atoms with van der Waals surface area (Å²) < 4.78 is 1.09. The Morgan fingerprint density at radius 2 is 1.39 bits per heavy atom. The second-order valence-electron chi connectivity index (χ2n) is 6.63. The van der Waals surface area contributed by atoms with Gasteiger partial charge in [0.05, 0.1) is 5.69 Å². The molecular formula is C25H16BrNS. The Morgan fingerprint density at radius 3 is 2.25 bits per heavy atom. The van der Waals surface area contributed by atoms with Crippen LogP contribution >= 0.6 is 27.7 Å². The van der Waals surface area contributed by atoms with Gasteiger partial charge in [0.25, 0.3) is 0 Å². The minimum absolute atomic E-state index is 1.03. The molecule has 0 fully saturated rings. The van der Waals surface area contributed by atoms with E-state index in [9.17, 15) is 0 Å². The van der Waals surface area contributed by atoms with Crippen LogP contribution in [-0.2, 0) is 0 Å². The maximum atomic E-state index is 4.74. The van der Waals surface area contributed by atoms with Crippen molar-refractivity contribution in [1.82, 2.24) is 0 Å². The van der Waals surface area contributed by atoms with Gasteiger partial charge in [0.2, 0.25) is 0 Å². The number of fused-ring (bicyclic) bond motifs is 2. The molecule has 0 radical (unpaired) electrons. The molecule has 4 aromatic rings. The van der Waals surface area contributed by atoms with E-state index in [1.54, 1.807) is 11.8 Å². The molecule has 0 aromatic heterocycles. The smallest absolute Gasteiger partial charge is 0.0769 e. The monoisotopic (exact) mass is 441 g/mol. The molecule has 0 amide bonds. The highest BCUT2D eigenvalue weighted by atomic mass is 79.9. The van der Waals surface area contributed by atoms with Crippen molar-refractivity contribution in [2.75, 3.05) is 0 Å². The SMILES string of the molecule is Brc1cccc(-c2ccc(-c3cccc4c3C=Nc3ccccc3S4)cc2)c1. The van der Waals surface area contributed by atoms with E-state index in [-0.39, 0.29) is 0 Å². The molecule has 0 bridgehead atoms. The zero-order valence-corrected chi connectivity index (χ0v) is 17.4. The van der Waals surface area contributed by atoms with Crippen LogP contribution in [-0.4, -0.2) is 6.21 Å². The first-order valence-electron chi connectivity index (χ1n) is 9.08. The Kier molecular flexibility index (Phi) is 4.63. The molecule has 0 spiro atoms. The molecule has 1 nitrogen and oxygen atoms in total. The number of nitrogens with zero attached hydrogens (tertiary/aromatic N) is 1. The van der Waals surface area contributed by atoms with Gasteiger partial charge >= 0.3 is 0 Å². The Balaban J connectivity index is 1.55.